The van der Waals surface area contributed by atoms with E-state index in [0.29, 0.717) is 16.9 Å². The summed E-state index contributed by atoms with van der Waals surface area (Å²) in [5.41, 5.74) is 3.11. The van der Waals surface area contributed by atoms with E-state index in [1.807, 2.05) is 26.0 Å². The Balaban J connectivity index is 1.81. The number of rotatable bonds is 3. The van der Waals surface area contributed by atoms with Crippen LogP contribution in [0.5, 0.6) is 0 Å². The quantitative estimate of drug-likeness (QED) is 0.571. The fourth-order valence-corrected chi connectivity index (χ4v) is 2.90. The number of carbonyl (C=O) groups excluding carboxylic acids is 1. The van der Waals surface area contributed by atoms with E-state index < -0.39 is 5.97 Å². The lowest BCUT2D eigenvalue weighted by Gasteiger charge is -2.35. The Bertz CT molecular complexity index is 520. The first kappa shape index (κ1) is 17.0. The van der Waals surface area contributed by atoms with Crippen LogP contribution in [0.3, 0.4) is 0 Å². The van der Waals surface area contributed by atoms with Crippen LogP contribution in [-0.4, -0.2) is 5.97 Å². The van der Waals surface area contributed by atoms with Gasteiger partial charge in [0.25, 0.3) is 0 Å². The zero-order valence-corrected chi connectivity index (χ0v) is 14.4. The van der Waals surface area contributed by atoms with E-state index in [0.717, 1.165) is 42.9 Å². The minimum atomic E-state index is -0.423. The summed E-state index contributed by atoms with van der Waals surface area (Å²) in [6.45, 7) is 10.8. The third-order valence-electron chi connectivity index (χ3n) is 4.75. The van der Waals surface area contributed by atoms with Gasteiger partial charge in [-0.2, -0.15) is 4.89 Å². The standard InChI is InChI=1S/C19H27O3/c1-13-6-7-15(12-14(13)2)18(20)22-21-17-10-8-16(9-11-17)19(3,4)5/h6-7,12,16H,8-11H2,1-5H3. The van der Waals surface area contributed by atoms with Gasteiger partial charge in [0.1, 0.15) is 6.10 Å². The highest BCUT2D eigenvalue weighted by Gasteiger charge is 2.31. The molecule has 0 atom stereocenters. The monoisotopic (exact) mass is 303 g/mol. The zero-order valence-electron chi connectivity index (χ0n) is 14.4. The molecule has 1 aliphatic rings. The van der Waals surface area contributed by atoms with Crippen LogP contribution in [0.1, 0.15) is 67.9 Å². The lowest BCUT2D eigenvalue weighted by atomic mass is 9.72. The van der Waals surface area contributed by atoms with E-state index in [1.54, 1.807) is 6.07 Å². The molecule has 0 heterocycles. The van der Waals surface area contributed by atoms with Gasteiger partial charge in [0.05, 0.1) is 5.56 Å². The fourth-order valence-electron chi connectivity index (χ4n) is 2.90. The van der Waals surface area contributed by atoms with Crippen LogP contribution in [0.25, 0.3) is 0 Å². The molecule has 0 N–H and O–H groups in total. The third kappa shape index (κ3) is 4.33. The second-order valence-corrected chi connectivity index (χ2v) is 7.43. The van der Waals surface area contributed by atoms with Gasteiger partial charge in [-0.25, -0.2) is 4.79 Å². The van der Waals surface area contributed by atoms with E-state index in [1.165, 1.54) is 0 Å². The molecule has 1 saturated carbocycles. The Labute approximate surface area is 133 Å². The highest BCUT2D eigenvalue weighted by Crippen LogP contribution is 2.40. The molecule has 1 aromatic rings. The molecule has 2 rings (SSSR count). The highest BCUT2D eigenvalue weighted by atomic mass is 17.2. The second kappa shape index (κ2) is 6.82. The van der Waals surface area contributed by atoms with E-state index in [9.17, 15) is 4.79 Å². The number of carbonyl (C=O) groups is 1. The molecule has 0 bridgehead atoms. The molecule has 0 aliphatic heterocycles. The predicted octanol–water partition coefficient (Wildman–Crippen LogP) is 5.16. The summed E-state index contributed by atoms with van der Waals surface area (Å²) in [6.07, 6.45) is 4.84. The van der Waals surface area contributed by atoms with Crippen LogP contribution in [0.2, 0.25) is 0 Å². The summed E-state index contributed by atoms with van der Waals surface area (Å²) in [6, 6.07) is 5.53. The lowest BCUT2D eigenvalue weighted by Crippen LogP contribution is -2.26. The van der Waals surface area contributed by atoms with Gasteiger partial charge in [0, 0.05) is 0 Å². The molecule has 1 fully saturated rings. The maximum Gasteiger partial charge on any atom is 0.373 e. The van der Waals surface area contributed by atoms with Crippen molar-refractivity contribution in [2.45, 2.75) is 60.3 Å². The van der Waals surface area contributed by atoms with Crippen molar-refractivity contribution < 1.29 is 14.6 Å². The number of hydrogen-bond acceptors (Lipinski definition) is 3. The topological polar surface area (TPSA) is 35.5 Å². The summed E-state index contributed by atoms with van der Waals surface area (Å²) >= 11 is 0. The average molecular weight is 303 g/mol. The highest BCUT2D eigenvalue weighted by molar-refractivity contribution is 5.89. The molecule has 3 heteroatoms. The van der Waals surface area contributed by atoms with Crippen LogP contribution in [0.15, 0.2) is 18.2 Å². The van der Waals surface area contributed by atoms with Gasteiger partial charge in [0.2, 0.25) is 0 Å². The molecule has 1 aliphatic carbocycles. The Hall–Kier alpha value is -1.35. The van der Waals surface area contributed by atoms with Crippen LogP contribution >= 0.6 is 0 Å². The predicted molar refractivity (Wildman–Crippen MR) is 87.1 cm³/mol. The number of aryl methyl sites for hydroxylation is 2. The summed E-state index contributed by atoms with van der Waals surface area (Å²) < 4.78 is 0. The summed E-state index contributed by atoms with van der Waals surface area (Å²) in [4.78, 5) is 22.3. The summed E-state index contributed by atoms with van der Waals surface area (Å²) in [5, 5.41) is 0. The van der Waals surface area contributed by atoms with Crippen molar-refractivity contribution in [1.29, 1.82) is 0 Å². The second-order valence-electron chi connectivity index (χ2n) is 7.43. The van der Waals surface area contributed by atoms with Gasteiger partial charge >= 0.3 is 5.97 Å². The molecule has 0 unspecified atom stereocenters. The number of benzene rings is 1. The van der Waals surface area contributed by atoms with Crippen molar-refractivity contribution >= 4 is 5.97 Å². The molecule has 0 amide bonds. The van der Waals surface area contributed by atoms with Gasteiger partial charge < -0.3 is 0 Å². The van der Waals surface area contributed by atoms with E-state index in [-0.39, 0.29) is 0 Å². The maximum atomic E-state index is 12.0. The molecule has 0 saturated heterocycles. The Morgan fingerprint density at radius 2 is 1.73 bits per heavy atom. The molecule has 0 aromatic heterocycles. The Kier molecular flexibility index (Phi) is 5.28. The van der Waals surface area contributed by atoms with Gasteiger partial charge in [-0.1, -0.05) is 26.8 Å². The van der Waals surface area contributed by atoms with E-state index in [4.69, 9.17) is 9.78 Å². The molecule has 1 aromatic carbocycles. The minimum Gasteiger partial charge on any atom is -0.292 e. The van der Waals surface area contributed by atoms with Crippen LogP contribution in [0.4, 0.5) is 0 Å². The normalized spacial score (nSPS) is 17.5. The van der Waals surface area contributed by atoms with E-state index >= 15 is 0 Å². The first-order valence-corrected chi connectivity index (χ1v) is 8.08. The van der Waals surface area contributed by atoms with Crippen LogP contribution in [0, 0.1) is 31.3 Å². The molecule has 121 valence electrons. The lowest BCUT2D eigenvalue weighted by molar-refractivity contribution is -0.241. The maximum absolute atomic E-state index is 12.0. The first-order valence-electron chi connectivity index (χ1n) is 8.08. The Morgan fingerprint density at radius 1 is 1.09 bits per heavy atom. The molecular weight excluding hydrogens is 276 g/mol. The van der Waals surface area contributed by atoms with Crippen LogP contribution < -0.4 is 0 Å². The van der Waals surface area contributed by atoms with Gasteiger partial charge in [-0.3, -0.25) is 4.89 Å². The van der Waals surface area contributed by atoms with Crippen molar-refractivity contribution in [1.82, 2.24) is 0 Å². The van der Waals surface area contributed by atoms with Gasteiger partial charge in [-0.05, 0) is 74.1 Å². The van der Waals surface area contributed by atoms with Gasteiger partial charge in [-0.15, -0.1) is 0 Å². The van der Waals surface area contributed by atoms with Gasteiger partial charge in [0.15, 0.2) is 0 Å². The van der Waals surface area contributed by atoms with Crippen molar-refractivity contribution in [3.8, 4) is 0 Å². The molecule has 22 heavy (non-hydrogen) atoms. The molecule has 0 spiro atoms. The van der Waals surface area contributed by atoms with Crippen molar-refractivity contribution in [3.63, 3.8) is 0 Å². The molecular formula is C19H27O3. The van der Waals surface area contributed by atoms with Crippen molar-refractivity contribution in [2.75, 3.05) is 0 Å². The zero-order chi connectivity index (χ0) is 16.3. The van der Waals surface area contributed by atoms with Crippen LogP contribution in [-0.2, 0) is 9.78 Å². The summed E-state index contributed by atoms with van der Waals surface area (Å²) in [5.74, 6) is 0.281. The Morgan fingerprint density at radius 3 is 2.27 bits per heavy atom. The minimum absolute atomic E-state index is 0.335. The third-order valence-corrected chi connectivity index (χ3v) is 4.75. The largest absolute Gasteiger partial charge is 0.373 e. The SMILES string of the molecule is Cc1ccc(C(=O)OO[C]2CCC(C(C)(C)C)CC2)cc1C. The van der Waals surface area contributed by atoms with E-state index in [2.05, 4.69) is 20.8 Å². The first-order chi connectivity index (χ1) is 10.3. The van der Waals surface area contributed by atoms with Crippen molar-refractivity contribution in [3.05, 3.63) is 41.0 Å². The smallest absolute Gasteiger partial charge is 0.292 e. The summed E-state index contributed by atoms with van der Waals surface area (Å²) in [7, 11) is 0. The molecule has 3 nitrogen and oxygen atoms in total. The fraction of sp³-hybridized carbons (Fsp3) is 0.579. The number of hydrogen-bond donors (Lipinski definition) is 0. The van der Waals surface area contributed by atoms with Crippen molar-refractivity contribution in [2.24, 2.45) is 11.3 Å². The average Bonchev–Trinajstić information content (AvgIpc) is 2.47. The molecule has 1 radical (unpaired) electrons.